The molecular weight excluding hydrogens is 996 g/mol. The first-order valence-corrected chi connectivity index (χ1v) is 32.5. The standard InChI is InChI=1S/C70H115N2O6P/c1-6-8-10-12-14-16-18-20-22-24-25-26-27-28-29-30-31-32-33-34-35-36-37-38-39-40-41-42-43-44-45-46-47-48-50-52-54-56-58-60-62-64-70(74)71-68(67-78-79(75,76)77-66-65-72(3,4)5)69(73)63-61-59-57-55-53-51-49-23-21-19-17-15-13-11-9-7-2/h8,10,14,16,20-23,25-26,28-29,31-32,34-35,37-38,40-41,43-44,46-47,53,55,61,63,68-69,73H,6-7,9,11-13,15,17-19,24,27,30,33,36,39,42,45,48-52,54,56-60,62,64-67H2,1-5H3,(H-,71,74,75,76)/p+1/b10-8-,16-14-,22-20-,23-21+,26-25-,29-28-,32-31-,35-34-,38-37-,41-40-,44-43-,47-46-,55-53+,63-61+. The van der Waals surface area contributed by atoms with E-state index in [4.69, 9.17) is 9.05 Å². The van der Waals surface area contributed by atoms with Crippen LogP contribution in [0.5, 0.6) is 0 Å². The summed E-state index contributed by atoms with van der Waals surface area (Å²) < 4.78 is 23.7. The molecule has 0 aliphatic rings. The number of phosphoric ester groups is 1. The Bertz CT molecular complexity index is 1890. The fourth-order valence-electron chi connectivity index (χ4n) is 7.84. The minimum atomic E-state index is -4.37. The molecule has 0 rings (SSSR count). The van der Waals surface area contributed by atoms with Crippen molar-refractivity contribution in [1.82, 2.24) is 5.32 Å². The van der Waals surface area contributed by atoms with Crippen LogP contribution in [0.1, 0.15) is 213 Å². The molecule has 0 aromatic rings. The number of rotatable bonds is 54. The average molecular weight is 1110 g/mol. The smallest absolute Gasteiger partial charge is 0.387 e. The second-order valence-electron chi connectivity index (χ2n) is 21.3. The number of allylic oxidation sites excluding steroid dienone is 27. The predicted octanol–water partition coefficient (Wildman–Crippen LogP) is 19.6. The molecule has 3 unspecified atom stereocenters. The van der Waals surface area contributed by atoms with Crippen molar-refractivity contribution in [3.05, 3.63) is 170 Å². The summed E-state index contributed by atoms with van der Waals surface area (Å²) >= 11 is 0. The highest BCUT2D eigenvalue weighted by Crippen LogP contribution is 2.43. The Labute approximate surface area is 485 Å². The summed E-state index contributed by atoms with van der Waals surface area (Å²) in [7, 11) is 1.51. The highest BCUT2D eigenvalue weighted by atomic mass is 31.2. The van der Waals surface area contributed by atoms with Gasteiger partial charge in [-0.2, -0.15) is 0 Å². The van der Waals surface area contributed by atoms with Gasteiger partial charge in [0.1, 0.15) is 13.2 Å². The molecule has 3 N–H and O–H groups in total. The monoisotopic (exact) mass is 1110 g/mol. The quantitative estimate of drug-likeness (QED) is 0.0243. The first-order valence-electron chi connectivity index (χ1n) is 31.0. The molecule has 3 atom stereocenters. The number of carbonyl (C=O) groups is 1. The van der Waals surface area contributed by atoms with Crippen LogP contribution in [0.2, 0.25) is 0 Å². The van der Waals surface area contributed by atoms with Crippen molar-refractivity contribution in [2.45, 2.75) is 225 Å². The second-order valence-corrected chi connectivity index (χ2v) is 22.8. The Hall–Kier alpha value is -4.14. The molecule has 0 saturated carbocycles. The molecule has 9 heteroatoms. The van der Waals surface area contributed by atoms with E-state index in [0.29, 0.717) is 17.4 Å². The second kappa shape index (κ2) is 58.5. The Balaban J connectivity index is 4.20. The highest BCUT2D eigenvalue weighted by Gasteiger charge is 2.27. The summed E-state index contributed by atoms with van der Waals surface area (Å²) in [5.41, 5.74) is 0. The molecule has 0 aliphatic carbocycles. The van der Waals surface area contributed by atoms with Crippen molar-refractivity contribution in [1.29, 1.82) is 0 Å². The lowest BCUT2D eigenvalue weighted by Crippen LogP contribution is -2.45. The third-order valence-electron chi connectivity index (χ3n) is 12.6. The van der Waals surface area contributed by atoms with E-state index in [1.165, 1.54) is 64.2 Å². The van der Waals surface area contributed by atoms with Crippen molar-refractivity contribution in [2.75, 3.05) is 40.9 Å². The Morgan fingerprint density at radius 1 is 0.443 bits per heavy atom. The zero-order chi connectivity index (χ0) is 57.7. The number of unbranched alkanes of at least 4 members (excludes halogenated alkanes) is 15. The van der Waals surface area contributed by atoms with Gasteiger partial charge in [0.15, 0.2) is 0 Å². The van der Waals surface area contributed by atoms with E-state index in [2.05, 4.69) is 177 Å². The number of aliphatic hydroxyl groups excluding tert-OH is 1. The van der Waals surface area contributed by atoms with Crippen LogP contribution in [0.25, 0.3) is 0 Å². The fraction of sp³-hybridized carbons (Fsp3) is 0.586. The molecule has 79 heavy (non-hydrogen) atoms. The topological polar surface area (TPSA) is 105 Å². The number of nitrogens with one attached hydrogen (secondary N) is 1. The lowest BCUT2D eigenvalue weighted by molar-refractivity contribution is -0.870. The maximum atomic E-state index is 13.0. The molecule has 0 fully saturated rings. The number of carbonyl (C=O) groups excluding carboxylic acids is 1. The Kier molecular flexibility index (Phi) is 55.4. The molecule has 1 amide bonds. The van der Waals surface area contributed by atoms with Gasteiger partial charge in [-0.05, 0) is 128 Å². The zero-order valence-electron chi connectivity index (χ0n) is 50.8. The normalized spacial score (nSPS) is 15.0. The van der Waals surface area contributed by atoms with Crippen molar-refractivity contribution in [3.63, 3.8) is 0 Å². The Morgan fingerprint density at radius 3 is 1.16 bits per heavy atom. The zero-order valence-corrected chi connectivity index (χ0v) is 51.7. The van der Waals surface area contributed by atoms with E-state index in [1.807, 2.05) is 27.2 Å². The van der Waals surface area contributed by atoms with Crippen molar-refractivity contribution < 1.29 is 32.9 Å². The number of phosphoric acid groups is 1. The first kappa shape index (κ1) is 74.9. The fourth-order valence-corrected chi connectivity index (χ4v) is 8.58. The minimum Gasteiger partial charge on any atom is -0.387 e. The van der Waals surface area contributed by atoms with Gasteiger partial charge in [-0.3, -0.25) is 13.8 Å². The van der Waals surface area contributed by atoms with Crippen molar-refractivity contribution in [3.8, 4) is 0 Å². The molecule has 0 bridgehead atoms. The van der Waals surface area contributed by atoms with Gasteiger partial charge in [-0.1, -0.05) is 248 Å². The third kappa shape index (κ3) is 61.3. The molecular formula is C70H116N2O6P+. The van der Waals surface area contributed by atoms with Gasteiger partial charge in [-0.25, -0.2) is 4.57 Å². The van der Waals surface area contributed by atoms with Gasteiger partial charge >= 0.3 is 7.82 Å². The summed E-state index contributed by atoms with van der Waals surface area (Å²) in [5.74, 6) is -0.210. The molecule has 8 nitrogen and oxygen atoms in total. The number of nitrogens with zero attached hydrogens (tertiary/aromatic N) is 1. The number of aliphatic hydroxyl groups is 1. The summed E-state index contributed by atoms with van der Waals surface area (Å²) in [6, 6.07) is -0.888. The van der Waals surface area contributed by atoms with Crippen LogP contribution in [0.3, 0.4) is 0 Å². The molecule has 0 aliphatic heterocycles. The third-order valence-corrected chi connectivity index (χ3v) is 13.6. The van der Waals surface area contributed by atoms with Crippen molar-refractivity contribution in [2.24, 2.45) is 0 Å². The highest BCUT2D eigenvalue weighted by molar-refractivity contribution is 7.47. The molecule has 0 heterocycles. The SMILES string of the molecule is CC/C=C\C/C=C\C/C=C\C/C=C\C/C=C\C/C=C\C/C=C\C/C=C\C/C=C\C/C=C\C/C=C\CCCCCCCCCC(=O)NC(COP(=O)(O)OCC[N+](C)(C)C)C(O)/C=C/CC/C=C/CC/C=C/CCCCCCCC. The van der Waals surface area contributed by atoms with Gasteiger partial charge < -0.3 is 19.8 Å². The van der Waals surface area contributed by atoms with E-state index in [9.17, 15) is 19.4 Å². The van der Waals surface area contributed by atoms with Crippen LogP contribution >= 0.6 is 7.82 Å². The Morgan fingerprint density at radius 2 is 0.772 bits per heavy atom. The van der Waals surface area contributed by atoms with Crippen LogP contribution in [0.4, 0.5) is 0 Å². The van der Waals surface area contributed by atoms with E-state index in [0.717, 1.165) is 128 Å². The number of hydrogen-bond acceptors (Lipinski definition) is 5. The molecule has 0 saturated heterocycles. The maximum absolute atomic E-state index is 13.0. The number of likely N-dealkylation sites (N-methyl/N-ethyl adjacent to an activating group) is 1. The average Bonchev–Trinajstić information content (AvgIpc) is 3.42. The van der Waals surface area contributed by atoms with Crippen LogP contribution < -0.4 is 5.32 Å². The largest absolute Gasteiger partial charge is 0.472 e. The lowest BCUT2D eigenvalue weighted by Gasteiger charge is -2.25. The van der Waals surface area contributed by atoms with Gasteiger partial charge in [0.25, 0.3) is 0 Å². The van der Waals surface area contributed by atoms with Crippen molar-refractivity contribution >= 4 is 13.7 Å². The molecule has 0 radical (unpaired) electrons. The summed E-state index contributed by atoms with van der Waals surface area (Å²) in [5, 5.41) is 13.9. The van der Waals surface area contributed by atoms with Crippen LogP contribution in [-0.2, 0) is 18.4 Å². The molecule has 0 spiro atoms. The summed E-state index contributed by atoms with van der Waals surface area (Å²) in [6.45, 7) is 4.63. The first-order chi connectivity index (χ1) is 38.5. The van der Waals surface area contributed by atoms with Gasteiger partial charge in [0.2, 0.25) is 5.91 Å². The lowest BCUT2D eigenvalue weighted by atomic mass is 10.1. The summed E-state index contributed by atoms with van der Waals surface area (Å²) in [4.78, 5) is 23.3. The molecule has 446 valence electrons. The van der Waals surface area contributed by atoms with E-state index in [-0.39, 0.29) is 19.1 Å². The predicted molar refractivity (Wildman–Crippen MR) is 345 cm³/mol. The maximum Gasteiger partial charge on any atom is 0.472 e. The van der Waals surface area contributed by atoms with E-state index < -0.39 is 20.0 Å². The van der Waals surface area contributed by atoms with Crippen LogP contribution in [0.15, 0.2) is 170 Å². The minimum absolute atomic E-state index is 0.0422. The number of hydrogen-bond donors (Lipinski definition) is 3. The molecule has 0 aromatic carbocycles. The van der Waals surface area contributed by atoms with Crippen LogP contribution in [0, 0.1) is 0 Å². The van der Waals surface area contributed by atoms with Crippen LogP contribution in [-0.4, -0.2) is 73.4 Å². The van der Waals surface area contributed by atoms with Gasteiger partial charge in [0, 0.05) is 6.42 Å². The number of quaternary nitrogens is 1. The van der Waals surface area contributed by atoms with Gasteiger partial charge in [0.05, 0.1) is 39.9 Å². The molecule has 0 aromatic heterocycles. The summed E-state index contributed by atoms with van der Waals surface area (Å²) in [6.07, 6.45) is 93.3. The van der Waals surface area contributed by atoms with E-state index in [1.54, 1.807) is 6.08 Å². The van der Waals surface area contributed by atoms with Gasteiger partial charge in [-0.15, -0.1) is 0 Å². The van der Waals surface area contributed by atoms with E-state index >= 15 is 0 Å². The number of amides is 1.